The van der Waals surface area contributed by atoms with E-state index in [0.717, 1.165) is 0 Å². The third-order valence-corrected chi connectivity index (χ3v) is 0. The van der Waals surface area contributed by atoms with Crippen molar-refractivity contribution in [3.63, 3.8) is 0 Å². The third-order valence-electron chi connectivity index (χ3n) is 0. The van der Waals surface area contributed by atoms with Crippen molar-refractivity contribution in [2.24, 2.45) is 0 Å². The molecule has 0 aliphatic heterocycles. The minimum absolute atomic E-state index is 0. The van der Waals surface area contributed by atoms with Crippen molar-refractivity contribution in [2.75, 3.05) is 0 Å². The first-order chi connectivity index (χ1) is 0. The van der Waals surface area contributed by atoms with Crippen LogP contribution in [0.4, 0.5) is 0 Å². The summed E-state index contributed by atoms with van der Waals surface area (Å²) >= 11 is 0. The summed E-state index contributed by atoms with van der Waals surface area (Å²) in [5.41, 5.74) is 0. The van der Waals surface area contributed by atoms with Crippen LogP contribution in [0.5, 0.6) is 0 Å². The first-order valence-corrected chi connectivity index (χ1v) is 0. The summed E-state index contributed by atoms with van der Waals surface area (Å²) < 4.78 is 0. The summed E-state index contributed by atoms with van der Waals surface area (Å²) in [5, 5.41) is 0. The molecule has 0 unspecified atom stereocenters. The second kappa shape index (κ2) is 39.2. The second-order valence-electron chi connectivity index (χ2n) is 0. The molecule has 0 aromatic carbocycles. The smallest absolute Gasteiger partial charge is 2.00 e. The Morgan fingerprint density at radius 3 is 0.600 bits per heavy atom. The minimum atomic E-state index is 0. The normalized spacial score (nSPS) is 0. The molecule has 0 saturated heterocycles. The van der Waals surface area contributed by atoms with Gasteiger partial charge in [-0.1, -0.05) is 0 Å². The Morgan fingerprint density at radius 2 is 0.600 bits per heavy atom. The van der Waals surface area contributed by atoms with Crippen molar-refractivity contribution in [2.45, 2.75) is 0 Å². The van der Waals surface area contributed by atoms with Crippen molar-refractivity contribution in [1.82, 2.24) is 0 Å². The minimum Gasteiger partial charge on any atom is -2.00 e. The Labute approximate surface area is 78.3 Å². The van der Waals surface area contributed by atoms with Crippen LogP contribution >= 0.6 is 0 Å². The van der Waals surface area contributed by atoms with Gasteiger partial charge < -0.3 is 16.4 Å². The number of hydrogen-bond donors (Lipinski definition) is 0. The van der Waals surface area contributed by atoms with Crippen LogP contribution in [0.15, 0.2) is 0 Å². The SMILES string of the molecule is [Ge+4].[O-2].[O-2].[O-2].[Sr+2]. The maximum atomic E-state index is 0. The van der Waals surface area contributed by atoms with E-state index in [9.17, 15) is 0 Å². The van der Waals surface area contributed by atoms with Crippen molar-refractivity contribution in [3.8, 4) is 0 Å². The average molecular weight is 208 g/mol. The molecule has 0 aliphatic carbocycles. The van der Waals surface area contributed by atoms with E-state index >= 15 is 0 Å². The van der Waals surface area contributed by atoms with Crippen LogP contribution in [-0.4, -0.2) is 63.1 Å². The van der Waals surface area contributed by atoms with Crippen LogP contribution in [0, 0.1) is 0 Å². The molecule has 0 aromatic rings. The molecule has 0 heterocycles. The van der Waals surface area contributed by atoms with Gasteiger partial charge in [0.15, 0.2) is 0 Å². The molecule has 5 heavy (non-hydrogen) atoms. The molecule has 0 amide bonds. The van der Waals surface area contributed by atoms with E-state index in [4.69, 9.17) is 0 Å². The van der Waals surface area contributed by atoms with Crippen molar-refractivity contribution < 1.29 is 16.4 Å². The Hall–Kier alpha value is 1.90. The van der Waals surface area contributed by atoms with E-state index in [1.807, 2.05) is 0 Å². The summed E-state index contributed by atoms with van der Waals surface area (Å²) in [6.45, 7) is 0. The summed E-state index contributed by atoms with van der Waals surface area (Å²) in [6.07, 6.45) is 0. The zero-order valence-corrected chi connectivity index (χ0v) is 8.01. The van der Waals surface area contributed by atoms with Crippen LogP contribution in [0.25, 0.3) is 0 Å². The van der Waals surface area contributed by atoms with Gasteiger partial charge in [0, 0.05) is 0 Å². The zero-order valence-electron chi connectivity index (χ0n) is 2.43. The van der Waals surface area contributed by atoms with Gasteiger partial charge in [0.1, 0.15) is 0 Å². The van der Waals surface area contributed by atoms with Gasteiger partial charge in [-0.25, -0.2) is 0 Å². The molecule has 0 aliphatic rings. The number of hydrogen-bond acceptors (Lipinski definition) is 0. The number of rotatable bonds is 0. The van der Waals surface area contributed by atoms with Gasteiger partial charge in [-0.2, -0.15) is 0 Å². The molecule has 0 rings (SSSR count). The van der Waals surface area contributed by atoms with Crippen molar-refractivity contribution in [3.05, 3.63) is 0 Å². The Kier molecular flexibility index (Phi) is 520. The monoisotopic (exact) mass is 210 g/mol. The maximum Gasteiger partial charge on any atom is 4.00 e. The van der Waals surface area contributed by atoms with E-state index in [0.29, 0.717) is 0 Å². The second-order valence-corrected chi connectivity index (χ2v) is 0. The molecule has 0 fully saturated rings. The first kappa shape index (κ1) is 66.4. The summed E-state index contributed by atoms with van der Waals surface area (Å²) in [6, 6.07) is 0. The third kappa shape index (κ3) is 24.8. The molecule has 0 spiro atoms. The molecular weight excluding hydrogens is 208 g/mol. The Bertz CT molecular complexity index is 6.85. The van der Waals surface area contributed by atoms with Crippen LogP contribution in [0.3, 0.4) is 0 Å². The quantitative estimate of drug-likeness (QED) is 0.452. The van der Waals surface area contributed by atoms with Gasteiger partial charge in [0.25, 0.3) is 0 Å². The van der Waals surface area contributed by atoms with E-state index in [-0.39, 0.29) is 79.5 Å². The van der Waals surface area contributed by atoms with Gasteiger partial charge in [-0.15, -0.1) is 0 Å². The molecule has 0 radical (unpaired) electrons. The van der Waals surface area contributed by atoms with Gasteiger partial charge >= 0.3 is 63.1 Å². The van der Waals surface area contributed by atoms with Gasteiger partial charge in [-0.05, 0) is 0 Å². The van der Waals surface area contributed by atoms with Crippen LogP contribution < -0.4 is 0 Å². The van der Waals surface area contributed by atoms with Crippen LogP contribution in [-0.2, 0) is 16.4 Å². The molecule has 5 heteroatoms. The predicted molar refractivity (Wildman–Crippen MR) is 13.6 cm³/mol. The molecule has 0 N–H and O–H groups in total. The van der Waals surface area contributed by atoms with E-state index < -0.39 is 0 Å². The van der Waals surface area contributed by atoms with E-state index in [2.05, 4.69) is 0 Å². The van der Waals surface area contributed by atoms with E-state index in [1.165, 1.54) is 0 Å². The maximum absolute atomic E-state index is 0. The predicted octanol–water partition coefficient (Wildman–Crippen LogP) is -1.12. The summed E-state index contributed by atoms with van der Waals surface area (Å²) in [4.78, 5) is 0. The summed E-state index contributed by atoms with van der Waals surface area (Å²) in [5.74, 6) is 0. The average Bonchev–Trinajstić information content (AvgIpc) is 0. The van der Waals surface area contributed by atoms with Crippen LogP contribution in [0.1, 0.15) is 0 Å². The Morgan fingerprint density at radius 1 is 0.600 bits per heavy atom. The Balaban J connectivity index is 0. The van der Waals surface area contributed by atoms with Crippen molar-refractivity contribution >= 4 is 63.1 Å². The van der Waals surface area contributed by atoms with Gasteiger partial charge in [0.2, 0.25) is 0 Å². The molecule has 0 saturated carbocycles. The molecule has 0 bridgehead atoms. The molecule has 0 aromatic heterocycles. The fraction of sp³-hybridized carbons (Fsp3) is 0. The van der Waals surface area contributed by atoms with Crippen LogP contribution in [0.2, 0.25) is 0 Å². The van der Waals surface area contributed by atoms with Gasteiger partial charge in [-0.3, -0.25) is 0 Å². The van der Waals surface area contributed by atoms with E-state index in [1.54, 1.807) is 0 Å². The van der Waals surface area contributed by atoms with Gasteiger partial charge in [0.05, 0.1) is 0 Å². The topological polar surface area (TPSA) is 85.5 Å². The molecular formula is GeO3Sr. The zero-order chi connectivity index (χ0) is 0. The summed E-state index contributed by atoms with van der Waals surface area (Å²) in [7, 11) is 0. The fourth-order valence-electron chi connectivity index (χ4n) is 0. The fourth-order valence-corrected chi connectivity index (χ4v) is 0. The molecule has 24 valence electrons. The molecule has 3 nitrogen and oxygen atoms in total. The molecule has 0 atom stereocenters. The van der Waals surface area contributed by atoms with Crippen molar-refractivity contribution in [1.29, 1.82) is 0 Å². The first-order valence-electron chi connectivity index (χ1n) is 0. The largest absolute Gasteiger partial charge is 4.00 e. The standard InChI is InChI=1S/Ge.3O.Sr/q+4;3*-2;+2.